The lowest BCUT2D eigenvalue weighted by atomic mass is 10.2. The molecule has 0 aromatic rings. The highest BCUT2D eigenvalue weighted by Crippen LogP contribution is 2.10. The van der Waals surface area contributed by atoms with Crippen molar-refractivity contribution in [3.63, 3.8) is 0 Å². The van der Waals surface area contributed by atoms with Gasteiger partial charge in [-0.2, -0.15) is 0 Å². The molecule has 0 saturated carbocycles. The Balaban J connectivity index is 2.08. The Bertz CT molecular complexity index is 291. The van der Waals surface area contributed by atoms with Crippen LogP contribution in [0.15, 0.2) is 12.2 Å². The number of hydrogen-bond donors (Lipinski definition) is 3. The van der Waals surface area contributed by atoms with Crippen molar-refractivity contribution in [1.82, 2.24) is 10.3 Å². The van der Waals surface area contributed by atoms with Crippen LogP contribution in [-0.2, 0) is 9.59 Å². The van der Waals surface area contributed by atoms with E-state index in [0.717, 1.165) is 19.3 Å². The van der Waals surface area contributed by atoms with Crippen molar-refractivity contribution < 1.29 is 14.7 Å². The second-order valence-electron chi connectivity index (χ2n) is 3.68. The molecule has 2 amide bonds. The molecule has 1 aliphatic heterocycles. The van der Waals surface area contributed by atoms with Crippen molar-refractivity contribution in [3.8, 4) is 0 Å². The molecule has 0 bridgehead atoms. The van der Waals surface area contributed by atoms with Crippen molar-refractivity contribution in [1.29, 1.82) is 0 Å². The van der Waals surface area contributed by atoms with Crippen molar-refractivity contribution in [2.75, 3.05) is 6.54 Å². The summed E-state index contributed by atoms with van der Waals surface area (Å²) in [5.74, 6) is 4.59. The summed E-state index contributed by atoms with van der Waals surface area (Å²) in [6.45, 7) is 0.511. The molecule has 0 aliphatic carbocycles. The lowest BCUT2D eigenvalue weighted by Crippen LogP contribution is -2.34. The molecule has 1 atom stereocenters. The zero-order chi connectivity index (χ0) is 12.0. The fourth-order valence-corrected chi connectivity index (χ4v) is 1.56. The fourth-order valence-electron chi connectivity index (χ4n) is 1.56. The maximum absolute atomic E-state index is 11.2. The summed E-state index contributed by atoms with van der Waals surface area (Å²) in [7, 11) is 0. The molecule has 0 aromatic carbocycles. The Morgan fingerprint density at radius 2 is 2.25 bits per heavy atom. The van der Waals surface area contributed by atoms with Crippen LogP contribution in [0.5, 0.6) is 0 Å². The van der Waals surface area contributed by atoms with E-state index in [9.17, 15) is 14.7 Å². The van der Waals surface area contributed by atoms with Crippen LogP contribution in [-0.4, -0.2) is 34.6 Å². The third-order valence-electron chi connectivity index (χ3n) is 2.48. The SMILES string of the molecule is NNC(=O)CCCCCN1C(=O)C=CC1O. The number of amides is 2. The largest absolute Gasteiger partial charge is 0.370 e. The summed E-state index contributed by atoms with van der Waals surface area (Å²) in [5.41, 5.74) is 2.06. The highest BCUT2D eigenvalue weighted by molar-refractivity contribution is 5.90. The maximum atomic E-state index is 11.2. The van der Waals surface area contributed by atoms with Crippen LogP contribution in [0.1, 0.15) is 25.7 Å². The number of carbonyl (C=O) groups is 2. The minimum atomic E-state index is -0.792. The summed E-state index contributed by atoms with van der Waals surface area (Å²) < 4.78 is 0. The Hall–Kier alpha value is -1.40. The first-order chi connectivity index (χ1) is 7.65. The van der Waals surface area contributed by atoms with E-state index in [-0.39, 0.29) is 11.8 Å². The van der Waals surface area contributed by atoms with Gasteiger partial charge in [-0.3, -0.25) is 15.0 Å². The van der Waals surface area contributed by atoms with Gasteiger partial charge in [0.05, 0.1) is 0 Å². The van der Waals surface area contributed by atoms with Gasteiger partial charge >= 0.3 is 0 Å². The summed E-state index contributed by atoms with van der Waals surface area (Å²) in [4.78, 5) is 23.4. The Morgan fingerprint density at radius 1 is 1.50 bits per heavy atom. The molecule has 0 radical (unpaired) electrons. The summed E-state index contributed by atoms with van der Waals surface area (Å²) in [6.07, 6.45) is 4.75. The molecule has 1 rings (SSSR count). The van der Waals surface area contributed by atoms with E-state index >= 15 is 0 Å². The summed E-state index contributed by atoms with van der Waals surface area (Å²) in [6, 6.07) is 0. The van der Waals surface area contributed by atoms with E-state index < -0.39 is 6.23 Å². The number of aliphatic hydroxyl groups is 1. The second kappa shape index (κ2) is 6.24. The van der Waals surface area contributed by atoms with E-state index in [4.69, 9.17) is 5.84 Å². The number of hydrogen-bond acceptors (Lipinski definition) is 4. The molecule has 1 unspecified atom stereocenters. The Morgan fingerprint density at radius 3 is 2.81 bits per heavy atom. The average molecular weight is 227 g/mol. The number of rotatable bonds is 6. The molecular formula is C10H17N3O3. The van der Waals surface area contributed by atoms with Crippen LogP contribution in [0, 0.1) is 0 Å². The van der Waals surface area contributed by atoms with Gasteiger partial charge < -0.3 is 10.0 Å². The van der Waals surface area contributed by atoms with Gasteiger partial charge in [-0.25, -0.2) is 5.84 Å². The van der Waals surface area contributed by atoms with Crippen LogP contribution in [0.25, 0.3) is 0 Å². The van der Waals surface area contributed by atoms with Gasteiger partial charge in [0.15, 0.2) is 0 Å². The van der Waals surface area contributed by atoms with Gasteiger partial charge in [-0.1, -0.05) is 6.42 Å². The molecule has 1 heterocycles. The first kappa shape index (κ1) is 12.7. The first-order valence-electron chi connectivity index (χ1n) is 5.31. The average Bonchev–Trinajstić information content (AvgIpc) is 2.59. The summed E-state index contributed by atoms with van der Waals surface area (Å²) in [5, 5.41) is 9.38. The third kappa shape index (κ3) is 3.63. The molecule has 6 heteroatoms. The molecule has 0 spiro atoms. The minimum Gasteiger partial charge on any atom is -0.370 e. The van der Waals surface area contributed by atoms with Crippen LogP contribution < -0.4 is 11.3 Å². The smallest absolute Gasteiger partial charge is 0.248 e. The van der Waals surface area contributed by atoms with E-state index in [1.54, 1.807) is 0 Å². The molecular weight excluding hydrogens is 210 g/mol. The predicted molar refractivity (Wildman–Crippen MR) is 57.7 cm³/mol. The normalized spacial score (nSPS) is 19.2. The van der Waals surface area contributed by atoms with Gasteiger partial charge in [0.25, 0.3) is 0 Å². The van der Waals surface area contributed by atoms with Crippen molar-refractivity contribution in [3.05, 3.63) is 12.2 Å². The molecule has 1 aliphatic rings. The highest BCUT2D eigenvalue weighted by Gasteiger charge is 2.22. The number of nitrogens with zero attached hydrogens (tertiary/aromatic N) is 1. The van der Waals surface area contributed by atoms with Crippen molar-refractivity contribution in [2.45, 2.75) is 31.9 Å². The fraction of sp³-hybridized carbons (Fsp3) is 0.600. The zero-order valence-corrected chi connectivity index (χ0v) is 9.06. The number of nitrogens with two attached hydrogens (primary N) is 1. The monoisotopic (exact) mass is 227 g/mol. The molecule has 90 valence electrons. The molecule has 16 heavy (non-hydrogen) atoms. The van der Waals surface area contributed by atoms with E-state index in [0.29, 0.717) is 13.0 Å². The van der Waals surface area contributed by atoms with Gasteiger partial charge in [0, 0.05) is 19.0 Å². The van der Waals surface area contributed by atoms with Crippen LogP contribution in [0.4, 0.5) is 0 Å². The maximum Gasteiger partial charge on any atom is 0.248 e. The van der Waals surface area contributed by atoms with Gasteiger partial charge in [-0.15, -0.1) is 0 Å². The minimum absolute atomic E-state index is 0.160. The van der Waals surface area contributed by atoms with Crippen molar-refractivity contribution >= 4 is 11.8 Å². The first-order valence-corrected chi connectivity index (χ1v) is 5.31. The van der Waals surface area contributed by atoms with Crippen molar-refractivity contribution in [2.24, 2.45) is 5.84 Å². The highest BCUT2D eigenvalue weighted by atomic mass is 16.3. The van der Waals surface area contributed by atoms with Gasteiger partial charge in [0.2, 0.25) is 11.8 Å². The number of carbonyl (C=O) groups excluding carboxylic acids is 2. The molecule has 0 aromatic heterocycles. The second-order valence-corrected chi connectivity index (χ2v) is 3.68. The quantitative estimate of drug-likeness (QED) is 0.241. The number of nitrogens with one attached hydrogen (secondary N) is 1. The molecule has 0 fully saturated rings. The standard InChI is InChI=1S/C10H17N3O3/c11-12-8(14)4-2-1-3-7-13-9(15)5-6-10(13)16/h5-6,9,15H,1-4,7,11H2,(H,12,14). The molecule has 0 saturated heterocycles. The molecule has 6 nitrogen and oxygen atoms in total. The van der Waals surface area contributed by atoms with E-state index in [1.807, 2.05) is 0 Å². The Kier molecular flexibility index (Phi) is 4.94. The number of aliphatic hydroxyl groups excluding tert-OH is 1. The Labute approximate surface area is 94.1 Å². The lowest BCUT2D eigenvalue weighted by molar-refractivity contribution is -0.131. The lowest BCUT2D eigenvalue weighted by Gasteiger charge is -2.19. The van der Waals surface area contributed by atoms with Crippen LogP contribution >= 0.6 is 0 Å². The van der Waals surface area contributed by atoms with E-state index in [2.05, 4.69) is 5.43 Å². The number of hydrazine groups is 1. The topological polar surface area (TPSA) is 95.7 Å². The zero-order valence-electron chi connectivity index (χ0n) is 9.06. The number of unbranched alkanes of at least 4 members (excludes halogenated alkanes) is 2. The van der Waals surface area contributed by atoms with Crippen LogP contribution in [0.2, 0.25) is 0 Å². The molecule has 4 N–H and O–H groups in total. The van der Waals surface area contributed by atoms with Crippen LogP contribution in [0.3, 0.4) is 0 Å². The predicted octanol–water partition coefficient (Wildman–Crippen LogP) is -0.747. The van der Waals surface area contributed by atoms with Gasteiger partial charge in [0.1, 0.15) is 6.23 Å². The van der Waals surface area contributed by atoms with Gasteiger partial charge in [-0.05, 0) is 18.9 Å². The summed E-state index contributed by atoms with van der Waals surface area (Å²) >= 11 is 0. The van der Waals surface area contributed by atoms with E-state index in [1.165, 1.54) is 17.1 Å². The third-order valence-corrected chi connectivity index (χ3v) is 2.48.